The van der Waals surface area contributed by atoms with Gasteiger partial charge in [-0.05, 0) is 56.0 Å². The zero-order valence-electron chi connectivity index (χ0n) is 15.8. The lowest BCUT2D eigenvalue weighted by atomic mass is 9.80. The van der Waals surface area contributed by atoms with E-state index in [4.69, 9.17) is 0 Å². The van der Waals surface area contributed by atoms with E-state index in [1.807, 2.05) is 32.0 Å². The molecule has 0 saturated heterocycles. The van der Waals surface area contributed by atoms with Crippen molar-refractivity contribution in [3.8, 4) is 5.75 Å². The highest BCUT2D eigenvalue weighted by atomic mass is 16.3. The number of hydrogen-bond donors (Lipinski definition) is 3. The van der Waals surface area contributed by atoms with Crippen molar-refractivity contribution in [2.24, 2.45) is 0 Å². The fourth-order valence-electron chi connectivity index (χ4n) is 3.75. The van der Waals surface area contributed by atoms with E-state index in [2.05, 4.69) is 10.6 Å². The first-order valence-electron chi connectivity index (χ1n) is 9.40. The van der Waals surface area contributed by atoms with E-state index in [1.165, 1.54) is 12.1 Å². The van der Waals surface area contributed by atoms with Crippen LogP contribution >= 0.6 is 0 Å². The summed E-state index contributed by atoms with van der Waals surface area (Å²) in [4.78, 5) is 26.0. The summed E-state index contributed by atoms with van der Waals surface area (Å²) in [6.07, 6.45) is 4.05. The van der Waals surface area contributed by atoms with Crippen LogP contribution in [-0.2, 0) is 4.79 Å². The second-order valence-corrected chi connectivity index (χ2v) is 7.37. The number of para-hydroxylation sites is 1. The molecule has 142 valence electrons. The maximum atomic E-state index is 13.3. The van der Waals surface area contributed by atoms with Crippen LogP contribution in [0.2, 0.25) is 0 Å². The lowest BCUT2D eigenvalue weighted by Gasteiger charge is -2.37. The van der Waals surface area contributed by atoms with Crippen LogP contribution in [0.3, 0.4) is 0 Å². The lowest BCUT2D eigenvalue weighted by Crippen LogP contribution is -2.57. The average Bonchev–Trinajstić information content (AvgIpc) is 2.65. The number of carbonyl (C=O) groups is 2. The summed E-state index contributed by atoms with van der Waals surface area (Å²) in [6, 6.07) is 12.1. The molecule has 2 aromatic carbocycles. The Balaban J connectivity index is 1.86. The molecule has 0 radical (unpaired) electrons. The van der Waals surface area contributed by atoms with Gasteiger partial charge in [0, 0.05) is 11.3 Å². The van der Waals surface area contributed by atoms with Gasteiger partial charge in [0.15, 0.2) is 0 Å². The fraction of sp³-hybridized carbons (Fsp3) is 0.364. The molecule has 0 aliphatic heterocycles. The number of aryl methyl sites for hydroxylation is 2. The fourth-order valence-corrected chi connectivity index (χ4v) is 3.75. The van der Waals surface area contributed by atoms with Gasteiger partial charge < -0.3 is 15.7 Å². The summed E-state index contributed by atoms with van der Waals surface area (Å²) < 4.78 is 0. The Kier molecular flexibility index (Phi) is 5.49. The van der Waals surface area contributed by atoms with Crippen LogP contribution < -0.4 is 10.6 Å². The average molecular weight is 366 g/mol. The first-order valence-corrected chi connectivity index (χ1v) is 9.40. The molecule has 0 unspecified atom stereocenters. The van der Waals surface area contributed by atoms with E-state index in [0.717, 1.165) is 36.1 Å². The van der Waals surface area contributed by atoms with Crippen molar-refractivity contribution in [2.45, 2.75) is 51.5 Å². The topological polar surface area (TPSA) is 78.4 Å². The van der Waals surface area contributed by atoms with Crippen LogP contribution in [0.4, 0.5) is 5.69 Å². The largest absolute Gasteiger partial charge is 0.508 e. The summed E-state index contributed by atoms with van der Waals surface area (Å²) in [5.74, 6) is -0.488. The summed E-state index contributed by atoms with van der Waals surface area (Å²) in [6.45, 7) is 3.92. The number of aromatic hydroxyl groups is 1. The van der Waals surface area contributed by atoms with Gasteiger partial charge in [0.25, 0.3) is 5.91 Å². The highest BCUT2D eigenvalue weighted by Gasteiger charge is 2.41. The number of rotatable bonds is 4. The highest BCUT2D eigenvalue weighted by molar-refractivity contribution is 6.04. The van der Waals surface area contributed by atoms with Crippen LogP contribution in [-0.4, -0.2) is 22.5 Å². The molecule has 5 heteroatoms. The van der Waals surface area contributed by atoms with Crippen LogP contribution in [0.25, 0.3) is 0 Å². The number of hydrogen-bond acceptors (Lipinski definition) is 3. The van der Waals surface area contributed by atoms with Crippen LogP contribution in [0, 0.1) is 13.8 Å². The van der Waals surface area contributed by atoms with Gasteiger partial charge in [-0.1, -0.05) is 43.5 Å². The quantitative estimate of drug-likeness (QED) is 0.763. The van der Waals surface area contributed by atoms with Gasteiger partial charge >= 0.3 is 0 Å². The zero-order chi connectivity index (χ0) is 19.4. The van der Waals surface area contributed by atoms with E-state index < -0.39 is 5.54 Å². The van der Waals surface area contributed by atoms with Crippen molar-refractivity contribution in [2.75, 3.05) is 5.32 Å². The summed E-state index contributed by atoms with van der Waals surface area (Å²) >= 11 is 0. The second kappa shape index (κ2) is 7.82. The minimum atomic E-state index is -0.935. The van der Waals surface area contributed by atoms with Crippen LogP contribution in [0.15, 0.2) is 42.5 Å². The highest BCUT2D eigenvalue weighted by Crippen LogP contribution is 2.31. The molecule has 2 aromatic rings. The van der Waals surface area contributed by atoms with E-state index in [9.17, 15) is 14.7 Å². The molecule has 0 heterocycles. The van der Waals surface area contributed by atoms with Crippen molar-refractivity contribution in [3.63, 3.8) is 0 Å². The predicted octanol–water partition coefficient (Wildman–Crippen LogP) is 4.08. The molecule has 0 spiro atoms. The monoisotopic (exact) mass is 366 g/mol. The third kappa shape index (κ3) is 4.13. The number of nitrogens with one attached hydrogen (secondary N) is 2. The van der Waals surface area contributed by atoms with Gasteiger partial charge in [0.2, 0.25) is 5.91 Å². The molecule has 3 N–H and O–H groups in total. The Morgan fingerprint density at radius 3 is 2.22 bits per heavy atom. The number of phenolic OH excluding ortho intramolecular Hbond substituents is 1. The molecular weight excluding hydrogens is 340 g/mol. The first-order chi connectivity index (χ1) is 12.9. The van der Waals surface area contributed by atoms with Gasteiger partial charge in [0.1, 0.15) is 11.3 Å². The molecule has 0 bridgehead atoms. The number of phenols is 1. The number of anilines is 1. The van der Waals surface area contributed by atoms with Gasteiger partial charge in [0.05, 0.1) is 0 Å². The molecule has 1 fully saturated rings. The molecule has 1 aliphatic carbocycles. The van der Waals surface area contributed by atoms with Gasteiger partial charge in [-0.15, -0.1) is 0 Å². The van der Waals surface area contributed by atoms with E-state index >= 15 is 0 Å². The molecule has 1 aliphatic rings. The Hall–Kier alpha value is -2.82. The van der Waals surface area contributed by atoms with Gasteiger partial charge in [-0.3, -0.25) is 9.59 Å². The first kappa shape index (κ1) is 19.0. The van der Waals surface area contributed by atoms with E-state index in [1.54, 1.807) is 12.1 Å². The minimum Gasteiger partial charge on any atom is -0.508 e. The molecule has 1 saturated carbocycles. The van der Waals surface area contributed by atoms with Crippen LogP contribution in [0.5, 0.6) is 5.75 Å². The minimum absolute atomic E-state index is 0.0281. The summed E-state index contributed by atoms with van der Waals surface area (Å²) in [7, 11) is 0. The Morgan fingerprint density at radius 1 is 0.963 bits per heavy atom. The number of carbonyl (C=O) groups excluding carboxylic acids is 2. The summed E-state index contributed by atoms with van der Waals surface area (Å²) in [5, 5.41) is 15.7. The Bertz CT molecular complexity index is 834. The molecular formula is C22H26N2O3. The van der Waals surface area contributed by atoms with Crippen molar-refractivity contribution in [1.82, 2.24) is 5.32 Å². The third-order valence-electron chi connectivity index (χ3n) is 5.32. The van der Waals surface area contributed by atoms with Crippen molar-refractivity contribution < 1.29 is 14.7 Å². The number of amides is 2. The van der Waals surface area contributed by atoms with E-state index in [-0.39, 0.29) is 17.6 Å². The smallest absolute Gasteiger partial charge is 0.252 e. The molecule has 5 nitrogen and oxygen atoms in total. The molecule has 0 aromatic heterocycles. The molecule has 27 heavy (non-hydrogen) atoms. The standard InChI is InChI=1S/C22H26N2O3/c1-15-8-6-9-16(2)19(15)23-21(27)22(12-4-3-5-13-22)24-20(26)17-10-7-11-18(25)14-17/h6-11,14,25H,3-5,12-13H2,1-2H3,(H,23,27)(H,24,26). The Labute approximate surface area is 159 Å². The van der Waals surface area contributed by atoms with Gasteiger partial charge in [-0.25, -0.2) is 0 Å². The van der Waals surface area contributed by atoms with Crippen molar-refractivity contribution >= 4 is 17.5 Å². The van der Waals surface area contributed by atoms with E-state index in [0.29, 0.717) is 18.4 Å². The van der Waals surface area contributed by atoms with Crippen LogP contribution in [0.1, 0.15) is 53.6 Å². The molecule has 3 rings (SSSR count). The SMILES string of the molecule is Cc1cccc(C)c1NC(=O)C1(NC(=O)c2cccc(O)c2)CCCCC1. The maximum Gasteiger partial charge on any atom is 0.252 e. The predicted molar refractivity (Wildman–Crippen MR) is 106 cm³/mol. The normalized spacial score (nSPS) is 15.8. The summed E-state index contributed by atoms with van der Waals surface area (Å²) in [5.41, 5.74) is 2.20. The Morgan fingerprint density at radius 2 is 1.59 bits per heavy atom. The molecule has 2 amide bonds. The second-order valence-electron chi connectivity index (χ2n) is 7.37. The number of benzene rings is 2. The zero-order valence-corrected chi connectivity index (χ0v) is 15.8. The molecule has 0 atom stereocenters. The van der Waals surface area contributed by atoms with Crippen molar-refractivity contribution in [1.29, 1.82) is 0 Å². The van der Waals surface area contributed by atoms with Gasteiger partial charge in [-0.2, -0.15) is 0 Å². The third-order valence-corrected chi connectivity index (χ3v) is 5.32. The lowest BCUT2D eigenvalue weighted by molar-refractivity contribution is -0.123. The maximum absolute atomic E-state index is 13.3. The van der Waals surface area contributed by atoms with Crippen molar-refractivity contribution in [3.05, 3.63) is 59.2 Å².